The van der Waals surface area contributed by atoms with Crippen molar-refractivity contribution in [3.8, 4) is 11.5 Å². The van der Waals surface area contributed by atoms with Crippen LogP contribution in [0.3, 0.4) is 0 Å². The van der Waals surface area contributed by atoms with Gasteiger partial charge in [0.05, 0.1) is 19.8 Å². The number of ether oxygens (including phenoxy) is 2. The summed E-state index contributed by atoms with van der Waals surface area (Å²) in [7, 11) is 1.75. The number of aryl methyl sites for hydroxylation is 1. The van der Waals surface area contributed by atoms with Crippen LogP contribution in [0.1, 0.15) is 36.2 Å². The Kier molecular flexibility index (Phi) is 9.02. The molecule has 0 radical (unpaired) electrons. The zero-order valence-corrected chi connectivity index (χ0v) is 17.4. The van der Waals surface area contributed by atoms with Crippen molar-refractivity contribution in [1.82, 2.24) is 10.2 Å². The van der Waals surface area contributed by atoms with E-state index < -0.39 is 0 Å². The first-order valence-electron chi connectivity index (χ1n) is 10.0. The van der Waals surface area contributed by atoms with Crippen molar-refractivity contribution in [3.05, 3.63) is 59.7 Å². The molecule has 29 heavy (non-hydrogen) atoms. The maximum Gasteiger partial charge on any atom is 0.251 e. The van der Waals surface area contributed by atoms with E-state index in [-0.39, 0.29) is 18.4 Å². The summed E-state index contributed by atoms with van der Waals surface area (Å²) in [6.07, 6.45) is 1.79. The first-order valence-corrected chi connectivity index (χ1v) is 10.0. The molecular formula is C23H30N2O4. The monoisotopic (exact) mass is 398 g/mol. The molecule has 0 aliphatic carbocycles. The van der Waals surface area contributed by atoms with Crippen LogP contribution >= 0.6 is 0 Å². The van der Waals surface area contributed by atoms with Crippen molar-refractivity contribution < 1.29 is 19.1 Å². The summed E-state index contributed by atoms with van der Waals surface area (Å²) < 4.78 is 11.1. The van der Waals surface area contributed by atoms with Gasteiger partial charge >= 0.3 is 0 Å². The summed E-state index contributed by atoms with van der Waals surface area (Å²) in [5.41, 5.74) is 1.68. The Morgan fingerprint density at radius 3 is 2.34 bits per heavy atom. The highest BCUT2D eigenvalue weighted by Gasteiger charge is 2.14. The van der Waals surface area contributed by atoms with Crippen LogP contribution < -0.4 is 14.8 Å². The summed E-state index contributed by atoms with van der Waals surface area (Å²) in [5.74, 6) is 0.675. The van der Waals surface area contributed by atoms with Crippen molar-refractivity contribution >= 4 is 11.8 Å². The maximum atomic E-state index is 12.4. The molecule has 156 valence electrons. The predicted octanol–water partition coefficient (Wildman–Crippen LogP) is 3.31. The molecule has 2 amide bonds. The zero-order valence-electron chi connectivity index (χ0n) is 17.4. The Hall–Kier alpha value is -3.02. The molecule has 0 aliphatic heterocycles. The highest BCUT2D eigenvalue weighted by atomic mass is 16.5. The number of nitrogens with one attached hydrogen (secondary N) is 1. The molecule has 0 bridgehead atoms. The molecule has 0 unspecified atom stereocenters. The third-order valence-corrected chi connectivity index (χ3v) is 4.43. The molecule has 1 N–H and O–H groups in total. The van der Waals surface area contributed by atoms with Gasteiger partial charge in [0.1, 0.15) is 0 Å². The number of carbonyl (C=O) groups is 2. The molecule has 2 aromatic carbocycles. The van der Waals surface area contributed by atoms with Crippen molar-refractivity contribution in [2.45, 2.75) is 26.7 Å². The maximum absolute atomic E-state index is 12.4. The van der Waals surface area contributed by atoms with Crippen molar-refractivity contribution in [2.75, 3.05) is 33.4 Å². The van der Waals surface area contributed by atoms with Gasteiger partial charge in [-0.15, -0.1) is 0 Å². The number of carbonyl (C=O) groups excluding carboxylic acids is 2. The van der Waals surface area contributed by atoms with E-state index in [2.05, 4.69) is 17.4 Å². The Morgan fingerprint density at radius 2 is 1.66 bits per heavy atom. The third kappa shape index (κ3) is 7.14. The molecule has 6 heteroatoms. The van der Waals surface area contributed by atoms with Crippen LogP contribution in [0.4, 0.5) is 0 Å². The summed E-state index contributed by atoms with van der Waals surface area (Å²) >= 11 is 0. The van der Waals surface area contributed by atoms with E-state index in [0.29, 0.717) is 36.8 Å². The Morgan fingerprint density at radius 1 is 0.966 bits per heavy atom. The van der Waals surface area contributed by atoms with Crippen LogP contribution in [0.2, 0.25) is 0 Å². The molecule has 0 heterocycles. The predicted molar refractivity (Wildman–Crippen MR) is 114 cm³/mol. The minimum Gasteiger partial charge on any atom is -0.490 e. The second-order valence-corrected chi connectivity index (χ2v) is 6.61. The van der Waals surface area contributed by atoms with E-state index in [4.69, 9.17) is 9.47 Å². The second kappa shape index (κ2) is 11.7. The highest BCUT2D eigenvalue weighted by molar-refractivity contribution is 5.97. The van der Waals surface area contributed by atoms with E-state index in [0.717, 1.165) is 12.8 Å². The lowest BCUT2D eigenvalue weighted by Crippen LogP contribution is -2.38. The van der Waals surface area contributed by atoms with Crippen LogP contribution in [0.25, 0.3) is 0 Å². The first-order chi connectivity index (χ1) is 14.0. The van der Waals surface area contributed by atoms with Crippen LogP contribution in [-0.2, 0) is 11.2 Å². The molecule has 0 fully saturated rings. The smallest absolute Gasteiger partial charge is 0.251 e. The van der Waals surface area contributed by atoms with Gasteiger partial charge in [-0.25, -0.2) is 0 Å². The zero-order chi connectivity index (χ0) is 21.1. The molecule has 0 saturated heterocycles. The molecule has 0 saturated carbocycles. The van der Waals surface area contributed by atoms with E-state index in [1.165, 1.54) is 5.56 Å². The molecule has 0 aliphatic rings. The first kappa shape index (κ1) is 22.3. The Labute approximate surface area is 172 Å². The van der Waals surface area contributed by atoms with Crippen molar-refractivity contribution in [3.63, 3.8) is 0 Å². The molecule has 0 atom stereocenters. The number of benzene rings is 2. The summed E-state index contributed by atoms with van der Waals surface area (Å²) in [6, 6.07) is 15.2. The Balaban J connectivity index is 1.82. The lowest BCUT2D eigenvalue weighted by atomic mass is 10.1. The van der Waals surface area contributed by atoms with Gasteiger partial charge in [0, 0.05) is 19.2 Å². The molecule has 0 spiro atoms. The van der Waals surface area contributed by atoms with Crippen LogP contribution in [0, 0.1) is 0 Å². The van der Waals surface area contributed by atoms with Gasteiger partial charge in [0.25, 0.3) is 5.91 Å². The summed E-state index contributed by atoms with van der Waals surface area (Å²) in [4.78, 5) is 26.4. The minimum absolute atomic E-state index is 0.0438. The van der Waals surface area contributed by atoms with Gasteiger partial charge in [-0.3, -0.25) is 9.59 Å². The van der Waals surface area contributed by atoms with E-state index in [1.807, 2.05) is 32.0 Å². The van der Waals surface area contributed by atoms with Gasteiger partial charge in [0.15, 0.2) is 11.5 Å². The van der Waals surface area contributed by atoms with Gasteiger partial charge in [-0.2, -0.15) is 0 Å². The van der Waals surface area contributed by atoms with E-state index in [9.17, 15) is 9.59 Å². The molecule has 0 aromatic heterocycles. The minimum atomic E-state index is -0.319. The summed E-state index contributed by atoms with van der Waals surface area (Å²) in [5, 5.41) is 2.68. The van der Waals surface area contributed by atoms with E-state index >= 15 is 0 Å². The third-order valence-electron chi connectivity index (χ3n) is 4.43. The lowest BCUT2D eigenvalue weighted by Gasteiger charge is -2.17. The van der Waals surface area contributed by atoms with Gasteiger partial charge in [0.2, 0.25) is 5.91 Å². The average Bonchev–Trinajstić information content (AvgIpc) is 2.74. The topological polar surface area (TPSA) is 67.9 Å². The van der Waals surface area contributed by atoms with Crippen molar-refractivity contribution in [1.29, 1.82) is 0 Å². The van der Waals surface area contributed by atoms with Crippen molar-refractivity contribution in [2.24, 2.45) is 0 Å². The Bertz CT molecular complexity index is 793. The molecule has 2 aromatic rings. The van der Waals surface area contributed by atoms with Crippen LogP contribution in [0.5, 0.6) is 11.5 Å². The van der Waals surface area contributed by atoms with Crippen LogP contribution in [-0.4, -0.2) is 50.1 Å². The summed E-state index contributed by atoms with van der Waals surface area (Å²) in [6.45, 7) is 5.33. The fourth-order valence-electron chi connectivity index (χ4n) is 2.87. The van der Waals surface area contributed by atoms with Gasteiger partial charge in [-0.05, 0) is 50.5 Å². The normalized spacial score (nSPS) is 10.3. The number of hydrogen-bond donors (Lipinski definition) is 1. The molecule has 6 nitrogen and oxygen atoms in total. The standard InChI is InChI=1S/C23H30N2O4/c1-4-28-20-14-13-19(16-21(20)29-5-2)23(27)24-17-22(26)25(3)15-9-12-18-10-7-6-8-11-18/h6-8,10-11,13-14,16H,4-5,9,12,15,17H2,1-3H3,(H,24,27). The lowest BCUT2D eigenvalue weighted by molar-refractivity contribution is -0.128. The quantitative estimate of drug-likeness (QED) is 0.631. The number of rotatable bonds is 11. The van der Waals surface area contributed by atoms with Gasteiger partial charge in [-0.1, -0.05) is 30.3 Å². The number of amides is 2. The molecular weight excluding hydrogens is 368 g/mol. The average molecular weight is 399 g/mol. The van der Waals surface area contributed by atoms with Crippen LogP contribution in [0.15, 0.2) is 48.5 Å². The van der Waals surface area contributed by atoms with Gasteiger partial charge < -0.3 is 19.7 Å². The number of likely N-dealkylation sites (N-methyl/N-ethyl adjacent to an activating group) is 1. The second-order valence-electron chi connectivity index (χ2n) is 6.61. The largest absolute Gasteiger partial charge is 0.490 e. The fraction of sp³-hybridized carbons (Fsp3) is 0.391. The highest BCUT2D eigenvalue weighted by Crippen LogP contribution is 2.28. The SMILES string of the molecule is CCOc1ccc(C(=O)NCC(=O)N(C)CCCc2ccccc2)cc1OCC. The number of nitrogens with zero attached hydrogens (tertiary/aromatic N) is 1. The number of hydrogen-bond acceptors (Lipinski definition) is 4. The molecule has 2 rings (SSSR count). The fourth-order valence-corrected chi connectivity index (χ4v) is 2.87. The van der Waals surface area contributed by atoms with E-state index in [1.54, 1.807) is 30.1 Å².